The number of sulfonamides is 1. The molecule has 0 atom stereocenters. The van der Waals surface area contributed by atoms with Crippen LogP contribution in [0.25, 0.3) is 0 Å². The van der Waals surface area contributed by atoms with E-state index in [4.69, 9.17) is 5.26 Å². The summed E-state index contributed by atoms with van der Waals surface area (Å²) >= 11 is 0. The predicted octanol–water partition coefficient (Wildman–Crippen LogP) is 1.35. The fourth-order valence-electron chi connectivity index (χ4n) is 1.70. The Balaban J connectivity index is 2.37. The third kappa shape index (κ3) is 3.47. The first-order valence-electron chi connectivity index (χ1n) is 5.26. The van der Waals surface area contributed by atoms with Gasteiger partial charge in [-0.25, -0.2) is 12.7 Å². The molecule has 0 aromatic heterocycles. The molecule has 15 heavy (non-hydrogen) atoms. The van der Waals surface area contributed by atoms with Gasteiger partial charge in [0.05, 0.1) is 17.2 Å². The highest BCUT2D eigenvalue weighted by Crippen LogP contribution is 2.22. The highest BCUT2D eigenvalue weighted by atomic mass is 32.2. The molecular formula is C10H18N2O2S. The molecule has 5 heteroatoms. The summed E-state index contributed by atoms with van der Waals surface area (Å²) in [6.07, 6.45) is 2.25. The van der Waals surface area contributed by atoms with Crippen LogP contribution in [0.2, 0.25) is 0 Å². The van der Waals surface area contributed by atoms with Crippen LogP contribution in [-0.2, 0) is 10.0 Å². The van der Waals surface area contributed by atoms with E-state index in [0.717, 1.165) is 19.3 Å². The average Bonchev–Trinajstić information content (AvgIpc) is 2.46. The van der Waals surface area contributed by atoms with Crippen LogP contribution in [0.1, 0.15) is 33.1 Å². The van der Waals surface area contributed by atoms with Crippen LogP contribution >= 0.6 is 0 Å². The van der Waals surface area contributed by atoms with Gasteiger partial charge < -0.3 is 0 Å². The molecule has 1 aliphatic rings. The van der Waals surface area contributed by atoms with Gasteiger partial charge in [0.25, 0.3) is 0 Å². The van der Waals surface area contributed by atoms with Gasteiger partial charge in [-0.2, -0.15) is 5.26 Å². The molecule has 0 aromatic rings. The van der Waals surface area contributed by atoms with Gasteiger partial charge in [0.1, 0.15) is 0 Å². The summed E-state index contributed by atoms with van der Waals surface area (Å²) in [5.74, 6) is 0.286. The molecule has 0 unspecified atom stereocenters. The van der Waals surface area contributed by atoms with Gasteiger partial charge in [0.2, 0.25) is 10.0 Å². The number of nitrogens with zero attached hydrogens (tertiary/aromatic N) is 2. The lowest BCUT2D eigenvalue weighted by Crippen LogP contribution is -2.27. The SMILES string of the molecule is CC(C)(C#N)CCCN1CCCS1(=O)=O. The van der Waals surface area contributed by atoms with Crippen molar-refractivity contribution >= 4 is 10.0 Å². The Labute approximate surface area is 91.9 Å². The maximum Gasteiger partial charge on any atom is 0.214 e. The zero-order valence-corrected chi connectivity index (χ0v) is 10.2. The van der Waals surface area contributed by atoms with Crippen LogP contribution in [-0.4, -0.2) is 31.6 Å². The van der Waals surface area contributed by atoms with E-state index in [1.54, 1.807) is 4.31 Å². The van der Waals surface area contributed by atoms with E-state index in [1.807, 2.05) is 13.8 Å². The zero-order chi connectivity index (χ0) is 11.5. The van der Waals surface area contributed by atoms with Crippen molar-refractivity contribution in [2.75, 3.05) is 18.8 Å². The molecule has 1 fully saturated rings. The maximum atomic E-state index is 11.4. The Hall–Kier alpha value is -0.600. The van der Waals surface area contributed by atoms with E-state index < -0.39 is 10.0 Å². The monoisotopic (exact) mass is 230 g/mol. The highest BCUT2D eigenvalue weighted by molar-refractivity contribution is 7.89. The second-order valence-electron chi connectivity index (χ2n) is 4.67. The van der Waals surface area contributed by atoms with Crippen LogP contribution in [0.5, 0.6) is 0 Å². The van der Waals surface area contributed by atoms with Gasteiger partial charge in [-0.05, 0) is 33.1 Å². The Bertz CT molecular complexity index is 354. The van der Waals surface area contributed by atoms with E-state index in [0.29, 0.717) is 13.1 Å². The van der Waals surface area contributed by atoms with Crippen molar-refractivity contribution in [1.82, 2.24) is 4.31 Å². The van der Waals surface area contributed by atoms with E-state index >= 15 is 0 Å². The molecule has 0 saturated carbocycles. The molecule has 0 bridgehead atoms. The fourth-order valence-corrected chi connectivity index (χ4v) is 3.26. The first-order valence-corrected chi connectivity index (χ1v) is 6.87. The van der Waals surface area contributed by atoms with Gasteiger partial charge in [-0.3, -0.25) is 0 Å². The van der Waals surface area contributed by atoms with Crippen molar-refractivity contribution in [3.05, 3.63) is 0 Å². The lowest BCUT2D eigenvalue weighted by atomic mass is 9.90. The van der Waals surface area contributed by atoms with Gasteiger partial charge in [0, 0.05) is 13.1 Å². The number of rotatable bonds is 4. The molecule has 0 amide bonds. The van der Waals surface area contributed by atoms with Crippen LogP contribution < -0.4 is 0 Å². The first kappa shape index (κ1) is 12.5. The summed E-state index contributed by atoms with van der Waals surface area (Å²) < 4.78 is 24.4. The number of hydrogen-bond donors (Lipinski definition) is 0. The van der Waals surface area contributed by atoms with Crippen molar-refractivity contribution in [3.63, 3.8) is 0 Å². The Kier molecular flexibility index (Phi) is 3.74. The smallest absolute Gasteiger partial charge is 0.212 e. The van der Waals surface area contributed by atoms with Gasteiger partial charge in [0.15, 0.2) is 0 Å². The Morgan fingerprint density at radius 1 is 1.47 bits per heavy atom. The van der Waals surface area contributed by atoms with Gasteiger partial charge in [-0.1, -0.05) is 0 Å². The summed E-state index contributed by atoms with van der Waals surface area (Å²) in [4.78, 5) is 0. The fraction of sp³-hybridized carbons (Fsp3) is 0.900. The lowest BCUT2D eigenvalue weighted by molar-refractivity contribution is 0.376. The molecule has 0 N–H and O–H groups in total. The number of hydrogen-bond acceptors (Lipinski definition) is 3. The molecule has 0 aliphatic carbocycles. The average molecular weight is 230 g/mol. The second-order valence-corrected chi connectivity index (χ2v) is 6.76. The quantitative estimate of drug-likeness (QED) is 0.732. The lowest BCUT2D eigenvalue weighted by Gasteiger charge is -2.18. The molecule has 86 valence electrons. The molecule has 0 radical (unpaired) electrons. The second kappa shape index (κ2) is 4.50. The summed E-state index contributed by atoms with van der Waals surface area (Å²) in [5, 5.41) is 8.81. The topological polar surface area (TPSA) is 61.2 Å². The van der Waals surface area contributed by atoms with Crippen molar-refractivity contribution in [2.24, 2.45) is 5.41 Å². The molecule has 1 aliphatic heterocycles. The Morgan fingerprint density at radius 2 is 2.13 bits per heavy atom. The molecule has 0 spiro atoms. The van der Waals surface area contributed by atoms with Crippen molar-refractivity contribution in [3.8, 4) is 6.07 Å². The summed E-state index contributed by atoms with van der Waals surface area (Å²) in [6.45, 7) is 4.97. The molecule has 1 heterocycles. The minimum Gasteiger partial charge on any atom is -0.212 e. The van der Waals surface area contributed by atoms with Crippen LogP contribution in [0.15, 0.2) is 0 Å². The molecule has 0 aromatic carbocycles. The van der Waals surface area contributed by atoms with E-state index in [9.17, 15) is 8.42 Å². The predicted molar refractivity (Wildman–Crippen MR) is 58.6 cm³/mol. The van der Waals surface area contributed by atoms with Gasteiger partial charge >= 0.3 is 0 Å². The highest BCUT2D eigenvalue weighted by Gasteiger charge is 2.28. The van der Waals surface area contributed by atoms with Crippen LogP contribution in [0, 0.1) is 16.7 Å². The normalized spacial score (nSPS) is 21.4. The zero-order valence-electron chi connectivity index (χ0n) is 9.36. The summed E-state index contributed by atoms with van der Waals surface area (Å²) in [7, 11) is -2.96. The van der Waals surface area contributed by atoms with Gasteiger partial charge in [-0.15, -0.1) is 0 Å². The molecule has 4 nitrogen and oxygen atoms in total. The van der Waals surface area contributed by atoms with E-state index in [2.05, 4.69) is 6.07 Å². The third-order valence-corrected chi connectivity index (χ3v) is 4.67. The first-order chi connectivity index (χ1) is 6.87. The third-order valence-electron chi connectivity index (χ3n) is 2.72. The van der Waals surface area contributed by atoms with Crippen molar-refractivity contribution in [2.45, 2.75) is 33.1 Å². The van der Waals surface area contributed by atoms with E-state index in [1.165, 1.54) is 0 Å². The number of nitriles is 1. The maximum absolute atomic E-state index is 11.4. The summed E-state index contributed by atoms with van der Waals surface area (Å²) in [6, 6.07) is 2.22. The standard InChI is InChI=1S/C10H18N2O2S/c1-10(2,9-11)5-3-6-12-7-4-8-15(12,13)14/h3-8H2,1-2H3. The Morgan fingerprint density at radius 3 is 2.60 bits per heavy atom. The van der Waals surface area contributed by atoms with Crippen LogP contribution in [0.3, 0.4) is 0 Å². The largest absolute Gasteiger partial charge is 0.214 e. The van der Waals surface area contributed by atoms with Crippen molar-refractivity contribution < 1.29 is 8.42 Å². The summed E-state index contributed by atoms with van der Waals surface area (Å²) in [5.41, 5.74) is -0.344. The van der Waals surface area contributed by atoms with E-state index in [-0.39, 0.29) is 11.2 Å². The molecular weight excluding hydrogens is 212 g/mol. The minimum absolute atomic E-state index is 0.286. The molecule has 1 rings (SSSR count). The minimum atomic E-state index is -2.96. The molecule has 1 saturated heterocycles. The van der Waals surface area contributed by atoms with Crippen LogP contribution in [0.4, 0.5) is 0 Å². The van der Waals surface area contributed by atoms with Crippen molar-refractivity contribution in [1.29, 1.82) is 5.26 Å².